The predicted octanol–water partition coefficient (Wildman–Crippen LogP) is -1.48. The molecule has 1 atom stereocenters. The second-order valence-electron chi connectivity index (χ2n) is 7.59. The molecule has 0 spiro atoms. The highest BCUT2D eigenvalue weighted by Gasteiger charge is 2.33. The second kappa shape index (κ2) is 9.76. The molecule has 1 aromatic heterocycles. The maximum absolute atomic E-state index is 13.2. The third-order valence-corrected chi connectivity index (χ3v) is 7.86. The van der Waals surface area contributed by atoms with Gasteiger partial charge in [-0.1, -0.05) is 24.3 Å². The smallest absolute Gasteiger partial charge is 0.242 e. The first-order valence-corrected chi connectivity index (χ1v) is 13.3. The Labute approximate surface area is 205 Å². The molecule has 1 aliphatic heterocycles. The van der Waals surface area contributed by atoms with E-state index in [0.29, 0.717) is 11.1 Å². The zero-order chi connectivity index (χ0) is 26.1. The number of hydrogen-bond acceptors (Lipinski definition) is 13. The predicted molar refractivity (Wildman–Crippen MR) is 128 cm³/mol. The summed E-state index contributed by atoms with van der Waals surface area (Å²) in [5.74, 6) is -0.182. The van der Waals surface area contributed by atoms with Crippen molar-refractivity contribution in [3.05, 3.63) is 42.0 Å². The maximum atomic E-state index is 13.2. The Bertz CT molecular complexity index is 1550. The summed E-state index contributed by atoms with van der Waals surface area (Å²) in [7, 11) is -9.11. The lowest BCUT2D eigenvalue weighted by Gasteiger charge is -2.19. The Morgan fingerprint density at radius 2 is 1.83 bits per heavy atom. The van der Waals surface area contributed by atoms with Gasteiger partial charge in [-0.15, -0.1) is 15.3 Å². The Morgan fingerprint density at radius 1 is 1.08 bits per heavy atom. The molecule has 2 aromatic carbocycles. The van der Waals surface area contributed by atoms with Crippen molar-refractivity contribution in [1.29, 1.82) is 0 Å². The Balaban J connectivity index is 1.99. The van der Waals surface area contributed by atoms with E-state index >= 15 is 0 Å². The van der Waals surface area contributed by atoms with E-state index in [1.165, 1.54) is 6.07 Å². The number of sulfonamides is 2. The highest BCUT2D eigenvalue weighted by Crippen LogP contribution is 2.39. The molecule has 0 radical (unpaired) electrons. The number of primary sulfonamides is 1. The van der Waals surface area contributed by atoms with Crippen LogP contribution in [-0.2, 0) is 20.0 Å². The molecule has 190 valence electrons. The number of nitrogens with zero attached hydrogens (tertiary/aromatic N) is 6. The molecule has 10 N–H and O–H groups in total. The average molecular weight is 535 g/mol. The number of aromatic nitrogens is 4. The lowest BCUT2D eigenvalue weighted by atomic mass is 9.97. The van der Waals surface area contributed by atoms with Gasteiger partial charge in [-0.05, 0) is 28.5 Å². The van der Waals surface area contributed by atoms with Crippen LogP contribution in [0.15, 0.2) is 61.4 Å². The molecule has 0 saturated heterocycles. The molecule has 0 amide bonds. The molecule has 1 aliphatic rings. The van der Waals surface area contributed by atoms with Crippen LogP contribution in [0, 0.1) is 0 Å². The van der Waals surface area contributed by atoms with Gasteiger partial charge in [0, 0.05) is 24.7 Å². The standard InChI is InChI=1S/C18H22N12O4S2/c19-7-11(8-20)28-36(33,34)13-5-4-12(14(15(13)35(22,31)32)17-25-29-30-26-17)9-2-1-3-10(6-9)16-23-18(21)27-24-16/h1-6,11,16,28H,7-8,19-20H2,(H2,21,23)(H2,22,31,32)(H,25,26,29,30). The van der Waals surface area contributed by atoms with Crippen LogP contribution in [0.2, 0.25) is 0 Å². The summed E-state index contributed by atoms with van der Waals surface area (Å²) >= 11 is 0. The first-order valence-electron chi connectivity index (χ1n) is 10.3. The van der Waals surface area contributed by atoms with Gasteiger partial charge in [-0.25, -0.2) is 31.7 Å². The molecular formula is C18H22N12O4S2. The van der Waals surface area contributed by atoms with Gasteiger partial charge in [0.25, 0.3) is 0 Å². The number of tetrazole rings is 1. The van der Waals surface area contributed by atoms with Gasteiger partial charge >= 0.3 is 0 Å². The number of hydrogen-bond donors (Lipinski definition) is 6. The van der Waals surface area contributed by atoms with E-state index in [1.54, 1.807) is 24.3 Å². The van der Waals surface area contributed by atoms with E-state index in [2.05, 4.69) is 40.6 Å². The zero-order valence-electron chi connectivity index (χ0n) is 18.5. The third-order valence-electron chi connectivity index (χ3n) is 5.18. The van der Waals surface area contributed by atoms with Gasteiger partial charge in [-0.3, -0.25) is 0 Å². The molecule has 18 heteroatoms. The quantitative estimate of drug-likeness (QED) is 0.185. The van der Waals surface area contributed by atoms with Crippen molar-refractivity contribution in [3.63, 3.8) is 0 Å². The Kier molecular flexibility index (Phi) is 6.89. The fourth-order valence-corrected chi connectivity index (χ4v) is 6.43. The number of azo groups is 1. The van der Waals surface area contributed by atoms with E-state index in [-0.39, 0.29) is 36.0 Å². The van der Waals surface area contributed by atoms with Crippen molar-refractivity contribution >= 4 is 26.0 Å². The van der Waals surface area contributed by atoms with Crippen LogP contribution < -0.4 is 27.1 Å². The summed E-state index contributed by atoms with van der Waals surface area (Å²) in [5, 5.41) is 26.7. The van der Waals surface area contributed by atoms with Gasteiger partial charge in [0.2, 0.25) is 31.8 Å². The van der Waals surface area contributed by atoms with Gasteiger partial charge in [0.1, 0.15) is 9.79 Å². The number of H-pyrrole nitrogens is 1. The van der Waals surface area contributed by atoms with E-state index in [9.17, 15) is 16.8 Å². The fraction of sp³-hybridized carbons (Fsp3) is 0.222. The SMILES string of the molecule is NCC(CN)NS(=O)(=O)c1ccc(-c2cccc(C3N=NC(N)=N3)c2)c(-c2nn[nH]n2)c1S(N)(=O)=O. The van der Waals surface area contributed by atoms with Gasteiger partial charge in [0.05, 0.1) is 5.56 Å². The number of aliphatic imine (C=N–C) groups is 1. The van der Waals surface area contributed by atoms with Crippen molar-refractivity contribution in [2.45, 2.75) is 22.0 Å². The monoisotopic (exact) mass is 534 g/mol. The van der Waals surface area contributed by atoms with Crippen LogP contribution in [0.3, 0.4) is 0 Å². The topological polar surface area (TPSA) is 276 Å². The summed E-state index contributed by atoms with van der Waals surface area (Å²) in [4.78, 5) is 2.76. The van der Waals surface area contributed by atoms with Crippen LogP contribution in [0.25, 0.3) is 22.5 Å². The molecule has 1 unspecified atom stereocenters. The van der Waals surface area contributed by atoms with Crippen LogP contribution in [-0.4, -0.2) is 62.6 Å². The first kappa shape index (κ1) is 25.4. The summed E-state index contributed by atoms with van der Waals surface area (Å²) in [6, 6.07) is 8.42. The molecule has 16 nitrogen and oxygen atoms in total. The number of guanidine groups is 1. The van der Waals surface area contributed by atoms with Gasteiger partial charge in [-0.2, -0.15) is 10.3 Å². The minimum absolute atomic E-state index is 0.0183. The number of rotatable bonds is 9. The van der Waals surface area contributed by atoms with Crippen molar-refractivity contribution in [2.24, 2.45) is 37.6 Å². The van der Waals surface area contributed by atoms with Crippen LogP contribution in [0.5, 0.6) is 0 Å². The number of nitrogens with one attached hydrogen (secondary N) is 2. The first-order chi connectivity index (χ1) is 17.0. The molecule has 36 heavy (non-hydrogen) atoms. The number of nitrogens with two attached hydrogens (primary N) is 4. The molecule has 2 heterocycles. The minimum Gasteiger partial charge on any atom is -0.367 e. The van der Waals surface area contributed by atoms with Crippen LogP contribution in [0.4, 0.5) is 0 Å². The Hall–Kier alpha value is -3.68. The van der Waals surface area contributed by atoms with Crippen LogP contribution in [0.1, 0.15) is 11.7 Å². The summed E-state index contributed by atoms with van der Waals surface area (Å²) in [5.41, 5.74) is 17.8. The normalized spacial score (nSPS) is 16.0. The summed E-state index contributed by atoms with van der Waals surface area (Å²) in [6.07, 6.45) is -0.690. The zero-order valence-corrected chi connectivity index (χ0v) is 20.1. The molecule has 0 aliphatic carbocycles. The van der Waals surface area contributed by atoms with Crippen molar-refractivity contribution in [2.75, 3.05) is 13.1 Å². The van der Waals surface area contributed by atoms with Gasteiger partial charge < -0.3 is 17.2 Å². The summed E-state index contributed by atoms with van der Waals surface area (Å²) < 4.78 is 54.3. The van der Waals surface area contributed by atoms with E-state index in [4.69, 9.17) is 22.3 Å². The van der Waals surface area contributed by atoms with Crippen molar-refractivity contribution in [3.8, 4) is 22.5 Å². The highest BCUT2D eigenvalue weighted by atomic mass is 32.2. The molecule has 0 saturated carbocycles. The molecular weight excluding hydrogens is 512 g/mol. The van der Waals surface area contributed by atoms with Crippen molar-refractivity contribution < 1.29 is 16.8 Å². The van der Waals surface area contributed by atoms with E-state index in [1.807, 2.05) is 0 Å². The van der Waals surface area contributed by atoms with Crippen LogP contribution >= 0.6 is 0 Å². The molecule has 4 rings (SSSR count). The number of benzene rings is 2. The molecule has 0 fully saturated rings. The van der Waals surface area contributed by atoms with Gasteiger partial charge in [0.15, 0.2) is 6.17 Å². The Morgan fingerprint density at radius 3 is 2.42 bits per heavy atom. The second-order valence-corrected chi connectivity index (χ2v) is 10.8. The average Bonchev–Trinajstić information content (AvgIpc) is 3.53. The molecule has 3 aromatic rings. The minimum atomic E-state index is -4.66. The lowest BCUT2D eigenvalue weighted by Crippen LogP contribution is -2.45. The highest BCUT2D eigenvalue weighted by molar-refractivity contribution is 7.92. The van der Waals surface area contributed by atoms with E-state index in [0.717, 1.165) is 6.07 Å². The number of aromatic amines is 1. The summed E-state index contributed by atoms with van der Waals surface area (Å²) in [6.45, 7) is -0.233. The third kappa shape index (κ3) is 4.98. The maximum Gasteiger partial charge on any atom is 0.242 e. The van der Waals surface area contributed by atoms with E-state index < -0.39 is 42.0 Å². The molecule has 0 bridgehead atoms. The lowest BCUT2D eigenvalue weighted by molar-refractivity contribution is 0.548. The largest absolute Gasteiger partial charge is 0.367 e. The van der Waals surface area contributed by atoms with Crippen molar-refractivity contribution in [1.82, 2.24) is 25.3 Å². The fourth-order valence-electron chi connectivity index (χ4n) is 3.56.